The lowest BCUT2D eigenvalue weighted by Gasteiger charge is -2.45. The van der Waals surface area contributed by atoms with E-state index in [1.54, 1.807) is 19.2 Å². The first-order chi connectivity index (χ1) is 12.4. The molecule has 1 aromatic rings. The van der Waals surface area contributed by atoms with E-state index >= 15 is 0 Å². The summed E-state index contributed by atoms with van der Waals surface area (Å²) in [4.78, 5) is 12.1. The molecule has 1 aromatic carbocycles. The number of carbonyl (C=O) groups is 1. The van der Waals surface area contributed by atoms with Gasteiger partial charge in [0, 0.05) is 5.92 Å². The zero-order chi connectivity index (χ0) is 18.9. The van der Waals surface area contributed by atoms with Crippen molar-refractivity contribution in [3.63, 3.8) is 0 Å². The number of hydrogen-bond acceptors (Lipinski definition) is 5. The maximum Gasteiger partial charge on any atom is 0.509 e. The minimum Gasteiger partial charge on any atom is -0.497 e. The Hall–Kier alpha value is -2.17. The molecular weight excluding hydrogens is 332 g/mol. The van der Waals surface area contributed by atoms with Crippen molar-refractivity contribution in [1.82, 2.24) is 0 Å². The number of cyclic esters (lactones) is 1. The van der Waals surface area contributed by atoms with Crippen LogP contribution in [0.15, 0.2) is 36.6 Å². The molecule has 0 N–H and O–H groups in total. The predicted octanol–water partition coefficient (Wildman–Crippen LogP) is 4.95. The van der Waals surface area contributed by atoms with Crippen LogP contribution in [0.1, 0.15) is 40.0 Å². The monoisotopic (exact) mass is 360 g/mol. The van der Waals surface area contributed by atoms with Crippen molar-refractivity contribution >= 4 is 6.16 Å². The third-order valence-electron chi connectivity index (χ3n) is 5.60. The minimum absolute atomic E-state index is 0.214. The van der Waals surface area contributed by atoms with Gasteiger partial charge in [-0.1, -0.05) is 33.8 Å². The maximum atomic E-state index is 12.1. The van der Waals surface area contributed by atoms with Gasteiger partial charge in [0.25, 0.3) is 0 Å². The standard InChI is InChI=1S/C21H28O5/c1-13(2)18-11-6-14(3)12-21(18)19(25-20(22)26-21)15(4)24-17-9-7-16(23-5)8-10-17/h7-10,13-14,18-19H,4,6,11-12H2,1-3,5H3/t14-,18+,19+,21+/m1/s1. The van der Waals surface area contributed by atoms with Gasteiger partial charge in [-0.25, -0.2) is 4.79 Å². The van der Waals surface area contributed by atoms with E-state index in [1.807, 2.05) is 12.1 Å². The first kappa shape index (κ1) is 18.6. The Labute approximate surface area is 155 Å². The molecule has 4 atom stereocenters. The highest BCUT2D eigenvalue weighted by Crippen LogP contribution is 2.50. The van der Waals surface area contributed by atoms with Crippen molar-refractivity contribution < 1.29 is 23.7 Å². The van der Waals surface area contributed by atoms with Gasteiger partial charge in [-0.3, -0.25) is 0 Å². The van der Waals surface area contributed by atoms with E-state index in [2.05, 4.69) is 27.4 Å². The molecule has 26 heavy (non-hydrogen) atoms. The van der Waals surface area contributed by atoms with Gasteiger partial charge in [0.2, 0.25) is 6.10 Å². The highest BCUT2D eigenvalue weighted by Gasteiger charge is 2.60. The number of benzene rings is 1. The maximum absolute atomic E-state index is 12.1. The second-order valence-corrected chi connectivity index (χ2v) is 7.79. The van der Waals surface area contributed by atoms with Crippen LogP contribution in [0.4, 0.5) is 4.79 Å². The summed E-state index contributed by atoms with van der Waals surface area (Å²) < 4.78 is 22.5. The molecule has 1 aliphatic heterocycles. The quantitative estimate of drug-likeness (QED) is 0.549. The molecule has 142 valence electrons. The average molecular weight is 360 g/mol. The summed E-state index contributed by atoms with van der Waals surface area (Å²) in [7, 11) is 1.62. The second kappa shape index (κ2) is 7.22. The van der Waals surface area contributed by atoms with Gasteiger partial charge in [-0.2, -0.15) is 0 Å². The molecule has 1 saturated carbocycles. The fourth-order valence-corrected chi connectivity index (χ4v) is 4.44. The summed E-state index contributed by atoms with van der Waals surface area (Å²) in [6.07, 6.45) is 1.65. The molecule has 0 unspecified atom stereocenters. The van der Waals surface area contributed by atoms with Crippen molar-refractivity contribution in [1.29, 1.82) is 0 Å². The normalized spacial score (nSPS) is 30.8. The van der Waals surface area contributed by atoms with Crippen LogP contribution >= 0.6 is 0 Å². The van der Waals surface area contributed by atoms with E-state index in [-0.39, 0.29) is 5.92 Å². The van der Waals surface area contributed by atoms with Crippen molar-refractivity contribution in [2.75, 3.05) is 7.11 Å². The summed E-state index contributed by atoms with van der Waals surface area (Å²) in [6, 6.07) is 7.24. The zero-order valence-electron chi connectivity index (χ0n) is 16.0. The number of methoxy groups -OCH3 is 1. The van der Waals surface area contributed by atoms with Gasteiger partial charge in [-0.05, 0) is 48.9 Å². The van der Waals surface area contributed by atoms with Crippen LogP contribution in [0.3, 0.4) is 0 Å². The zero-order valence-corrected chi connectivity index (χ0v) is 16.0. The van der Waals surface area contributed by atoms with Crippen LogP contribution in [0.2, 0.25) is 0 Å². The van der Waals surface area contributed by atoms with E-state index < -0.39 is 17.9 Å². The summed E-state index contributed by atoms with van der Waals surface area (Å²) in [5, 5.41) is 0. The van der Waals surface area contributed by atoms with E-state index in [4.69, 9.17) is 18.9 Å². The number of hydrogen-bond donors (Lipinski definition) is 0. The first-order valence-corrected chi connectivity index (χ1v) is 9.26. The Morgan fingerprint density at radius 2 is 1.88 bits per heavy atom. The van der Waals surface area contributed by atoms with Crippen LogP contribution in [0.5, 0.6) is 11.5 Å². The van der Waals surface area contributed by atoms with E-state index in [9.17, 15) is 4.79 Å². The molecule has 0 amide bonds. The van der Waals surface area contributed by atoms with E-state index in [1.165, 1.54) is 0 Å². The molecule has 1 aliphatic carbocycles. The summed E-state index contributed by atoms with van der Waals surface area (Å²) in [5.74, 6) is 2.81. The molecule has 0 aromatic heterocycles. The Morgan fingerprint density at radius 3 is 2.50 bits per heavy atom. The Balaban J connectivity index is 1.85. The van der Waals surface area contributed by atoms with E-state index in [0.717, 1.165) is 25.0 Å². The van der Waals surface area contributed by atoms with Gasteiger partial charge < -0.3 is 18.9 Å². The molecule has 1 spiro atoms. The van der Waals surface area contributed by atoms with Crippen LogP contribution in [0, 0.1) is 17.8 Å². The molecule has 5 nitrogen and oxygen atoms in total. The van der Waals surface area contributed by atoms with Crippen molar-refractivity contribution in [2.45, 2.75) is 51.7 Å². The van der Waals surface area contributed by atoms with Crippen molar-refractivity contribution in [3.05, 3.63) is 36.6 Å². The number of carbonyl (C=O) groups excluding carboxylic acids is 1. The van der Waals surface area contributed by atoms with Gasteiger partial charge in [-0.15, -0.1) is 0 Å². The molecule has 3 rings (SSSR count). The van der Waals surface area contributed by atoms with Crippen LogP contribution in [0.25, 0.3) is 0 Å². The Bertz CT molecular complexity index is 665. The van der Waals surface area contributed by atoms with Crippen molar-refractivity contribution in [3.8, 4) is 11.5 Å². The van der Waals surface area contributed by atoms with Gasteiger partial charge >= 0.3 is 6.16 Å². The fourth-order valence-electron chi connectivity index (χ4n) is 4.44. The highest BCUT2D eigenvalue weighted by molar-refractivity contribution is 5.64. The SMILES string of the molecule is C=C(Oc1ccc(OC)cc1)[C@@H]1OC(=O)O[C@]12C[C@H](C)CC[C@H]2C(C)C. The third-order valence-corrected chi connectivity index (χ3v) is 5.60. The molecule has 1 heterocycles. The molecular formula is C21H28O5. The Morgan fingerprint density at radius 1 is 1.23 bits per heavy atom. The van der Waals surface area contributed by atoms with Crippen LogP contribution < -0.4 is 9.47 Å². The number of ether oxygens (including phenoxy) is 4. The van der Waals surface area contributed by atoms with Crippen molar-refractivity contribution in [2.24, 2.45) is 17.8 Å². The first-order valence-electron chi connectivity index (χ1n) is 9.26. The molecule has 2 fully saturated rings. The number of rotatable bonds is 5. The van der Waals surface area contributed by atoms with Gasteiger partial charge in [0.15, 0.2) is 5.60 Å². The van der Waals surface area contributed by atoms with Gasteiger partial charge in [0.05, 0.1) is 7.11 Å². The summed E-state index contributed by atoms with van der Waals surface area (Å²) in [6.45, 7) is 10.6. The lowest BCUT2D eigenvalue weighted by molar-refractivity contribution is -0.0810. The lowest BCUT2D eigenvalue weighted by Crippen LogP contribution is -2.53. The molecule has 2 aliphatic rings. The lowest BCUT2D eigenvalue weighted by atomic mass is 9.64. The van der Waals surface area contributed by atoms with Gasteiger partial charge in [0.1, 0.15) is 17.3 Å². The second-order valence-electron chi connectivity index (χ2n) is 7.79. The summed E-state index contributed by atoms with van der Waals surface area (Å²) >= 11 is 0. The molecule has 5 heteroatoms. The van der Waals surface area contributed by atoms with E-state index in [0.29, 0.717) is 23.3 Å². The topological polar surface area (TPSA) is 54.0 Å². The molecule has 0 radical (unpaired) electrons. The molecule has 1 saturated heterocycles. The summed E-state index contributed by atoms with van der Waals surface area (Å²) in [5.41, 5.74) is -0.702. The highest BCUT2D eigenvalue weighted by atomic mass is 16.8. The Kier molecular flexibility index (Phi) is 5.17. The van der Waals surface area contributed by atoms with Crippen LogP contribution in [-0.4, -0.2) is 25.0 Å². The minimum atomic E-state index is -0.702. The fraction of sp³-hybridized carbons (Fsp3) is 0.571. The van der Waals surface area contributed by atoms with Crippen LogP contribution in [-0.2, 0) is 9.47 Å². The smallest absolute Gasteiger partial charge is 0.497 e. The largest absolute Gasteiger partial charge is 0.509 e. The predicted molar refractivity (Wildman–Crippen MR) is 98.2 cm³/mol. The third kappa shape index (κ3) is 3.39. The average Bonchev–Trinajstić information content (AvgIpc) is 2.91. The molecule has 0 bridgehead atoms.